The zero-order valence-electron chi connectivity index (χ0n) is 13.1. The van der Waals surface area contributed by atoms with E-state index >= 15 is 0 Å². The number of benzene rings is 1. The summed E-state index contributed by atoms with van der Waals surface area (Å²) in [5, 5.41) is 4.40. The summed E-state index contributed by atoms with van der Waals surface area (Å²) in [6.45, 7) is 4.97. The molecule has 2 heterocycles. The third-order valence-corrected chi connectivity index (χ3v) is 3.78. The van der Waals surface area contributed by atoms with E-state index in [1.165, 1.54) is 5.56 Å². The topological polar surface area (TPSA) is 68.7 Å². The zero-order chi connectivity index (χ0) is 15.7. The molecule has 6 nitrogen and oxygen atoms in total. The number of aliphatic imine (C=N–C) groups is 1. The number of hydrogen-bond acceptors (Lipinski definition) is 5. The molecule has 0 aliphatic carbocycles. The summed E-state index contributed by atoms with van der Waals surface area (Å²) in [6, 6.07) is 7.87. The van der Waals surface area contributed by atoms with Crippen molar-refractivity contribution >= 4 is 17.8 Å². The predicted octanol–water partition coefficient (Wildman–Crippen LogP) is 2.42. The average molecular weight is 299 g/mol. The lowest BCUT2D eigenvalue weighted by Gasteiger charge is -2.33. The normalized spacial score (nSPS) is 17.1. The van der Waals surface area contributed by atoms with Crippen LogP contribution >= 0.6 is 0 Å². The molecule has 6 heteroatoms. The van der Waals surface area contributed by atoms with Gasteiger partial charge in [0.2, 0.25) is 6.35 Å². The first-order chi connectivity index (χ1) is 10.6. The minimum absolute atomic E-state index is 0.358. The minimum atomic E-state index is -0.358. The second-order valence-corrected chi connectivity index (χ2v) is 5.72. The molecule has 0 spiro atoms. The minimum Gasteiger partial charge on any atom is -0.399 e. The van der Waals surface area contributed by atoms with E-state index in [2.05, 4.69) is 34.9 Å². The monoisotopic (exact) mass is 299 g/mol. The Morgan fingerprint density at radius 1 is 1.36 bits per heavy atom. The second-order valence-electron chi connectivity index (χ2n) is 5.72. The van der Waals surface area contributed by atoms with Gasteiger partial charge in [0.25, 0.3) is 0 Å². The molecule has 22 heavy (non-hydrogen) atoms. The lowest BCUT2D eigenvalue weighted by Crippen LogP contribution is -2.40. The van der Waals surface area contributed by atoms with E-state index in [4.69, 9.17) is 10.5 Å². The van der Waals surface area contributed by atoms with Crippen LogP contribution < -0.4 is 10.6 Å². The van der Waals surface area contributed by atoms with E-state index in [9.17, 15) is 0 Å². The molecule has 0 amide bonds. The molecular formula is C16H21N5O. The van der Waals surface area contributed by atoms with E-state index in [-0.39, 0.29) is 6.35 Å². The summed E-state index contributed by atoms with van der Waals surface area (Å²) in [4.78, 5) is 6.52. The van der Waals surface area contributed by atoms with Crippen molar-refractivity contribution in [3.05, 3.63) is 41.6 Å². The van der Waals surface area contributed by atoms with Crippen LogP contribution in [0.3, 0.4) is 0 Å². The molecule has 1 unspecified atom stereocenters. The number of methoxy groups -OCH3 is 1. The van der Waals surface area contributed by atoms with Crippen LogP contribution in [0.1, 0.15) is 30.9 Å². The molecular weight excluding hydrogens is 278 g/mol. The molecule has 1 aromatic heterocycles. The molecule has 116 valence electrons. The highest BCUT2D eigenvalue weighted by atomic mass is 16.5. The number of ether oxygens (including phenoxy) is 1. The summed E-state index contributed by atoms with van der Waals surface area (Å²) >= 11 is 0. The quantitative estimate of drug-likeness (QED) is 0.880. The number of nitrogens with two attached hydrogens (primary N) is 1. The van der Waals surface area contributed by atoms with E-state index in [1.54, 1.807) is 18.1 Å². The molecule has 0 bridgehead atoms. The first-order valence-corrected chi connectivity index (χ1v) is 7.34. The van der Waals surface area contributed by atoms with Gasteiger partial charge in [0, 0.05) is 24.9 Å². The van der Waals surface area contributed by atoms with Gasteiger partial charge in [0.05, 0.1) is 6.20 Å². The zero-order valence-corrected chi connectivity index (χ0v) is 13.1. The molecule has 2 aromatic rings. The fourth-order valence-electron chi connectivity index (χ4n) is 2.69. The van der Waals surface area contributed by atoms with Gasteiger partial charge in [-0.05, 0) is 23.6 Å². The molecule has 0 saturated heterocycles. The Labute approximate surface area is 130 Å². The van der Waals surface area contributed by atoms with Gasteiger partial charge in [0.1, 0.15) is 12.2 Å². The maximum absolute atomic E-state index is 5.89. The number of nitrogen functional groups attached to an aromatic ring is 1. The molecule has 0 saturated carbocycles. The molecule has 1 aliphatic heterocycles. The van der Waals surface area contributed by atoms with E-state index < -0.39 is 0 Å². The molecule has 0 radical (unpaired) electrons. The number of hydrogen-bond donors (Lipinski definition) is 1. The van der Waals surface area contributed by atoms with Crippen molar-refractivity contribution in [1.29, 1.82) is 0 Å². The molecule has 1 atom stereocenters. The Kier molecular flexibility index (Phi) is 3.85. The molecule has 3 rings (SSSR count). The lowest BCUT2D eigenvalue weighted by atomic mass is 10.1. The fraction of sp³-hybridized carbons (Fsp3) is 0.375. The molecule has 0 fully saturated rings. The Morgan fingerprint density at radius 2 is 2.18 bits per heavy atom. The first-order valence-electron chi connectivity index (χ1n) is 7.34. The summed E-state index contributed by atoms with van der Waals surface area (Å²) in [5.41, 5.74) is 8.93. The SMILES string of the molecule is COC1N=Cn2ncc(C(C)C)c2N1Cc1cccc(N)c1. The summed E-state index contributed by atoms with van der Waals surface area (Å²) in [5.74, 6) is 1.40. The van der Waals surface area contributed by atoms with Crippen molar-refractivity contribution in [3.63, 3.8) is 0 Å². The predicted molar refractivity (Wildman–Crippen MR) is 88.0 cm³/mol. The van der Waals surface area contributed by atoms with Gasteiger partial charge in [-0.25, -0.2) is 9.67 Å². The van der Waals surface area contributed by atoms with Gasteiger partial charge in [-0.2, -0.15) is 5.10 Å². The summed E-state index contributed by atoms with van der Waals surface area (Å²) in [7, 11) is 1.66. The van der Waals surface area contributed by atoms with Gasteiger partial charge in [-0.15, -0.1) is 0 Å². The maximum atomic E-state index is 5.89. The molecule has 1 aromatic carbocycles. The van der Waals surface area contributed by atoms with E-state index in [1.807, 2.05) is 24.4 Å². The smallest absolute Gasteiger partial charge is 0.230 e. The third kappa shape index (κ3) is 2.57. The maximum Gasteiger partial charge on any atom is 0.230 e. The van der Waals surface area contributed by atoms with Crippen LogP contribution in [-0.2, 0) is 11.3 Å². The van der Waals surface area contributed by atoms with Gasteiger partial charge in [-0.1, -0.05) is 26.0 Å². The highest BCUT2D eigenvalue weighted by Crippen LogP contribution is 2.32. The van der Waals surface area contributed by atoms with Crippen LogP contribution in [0.25, 0.3) is 0 Å². The van der Waals surface area contributed by atoms with Gasteiger partial charge in [-0.3, -0.25) is 0 Å². The lowest BCUT2D eigenvalue weighted by molar-refractivity contribution is 0.102. The largest absolute Gasteiger partial charge is 0.399 e. The summed E-state index contributed by atoms with van der Waals surface area (Å²) in [6.07, 6.45) is 3.25. The summed E-state index contributed by atoms with van der Waals surface area (Å²) < 4.78 is 7.33. The van der Waals surface area contributed by atoms with Crippen LogP contribution in [-0.4, -0.2) is 29.6 Å². The van der Waals surface area contributed by atoms with Crippen molar-refractivity contribution < 1.29 is 4.74 Å². The van der Waals surface area contributed by atoms with Crippen LogP contribution in [0.15, 0.2) is 35.5 Å². The van der Waals surface area contributed by atoms with E-state index in [0.717, 1.165) is 17.1 Å². The first kappa shape index (κ1) is 14.6. The van der Waals surface area contributed by atoms with Gasteiger partial charge in [0.15, 0.2) is 0 Å². The molecule has 1 aliphatic rings. The Balaban J connectivity index is 2.01. The van der Waals surface area contributed by atoms with E-state index in [0.29, 0.717) is 12.5 Å². The van der Waals surface area contributed by atoms with Crippen LogP contribution in [0.5, 0.6) is 0 Å². The number of rotatable bonds is 4. The van der Waals surface area contributed by atoms with Crippen molar-refractivity contribution in [2.24, 2.45) is 4.99 Å². The Bertz CT molecular complexity index is 692. The standard InChI is InChI=1S/C16H21N5O/c1-11(2)14-8-19-21-10-18-16(22-3)20(15(14)21)9-12-5-4-6-13(17)7-12/h4-8,10-11,16H,9,17H2,1-3H3. The van der Waals surface area contributed by atoms with Gasteiger partial charge < -0.3 is 15.4 Å². The molecule has 2 N–H and O–H groups in total. The van der Waals surface area contributed by atoms with Crippen LogP contribution in [0.2, 0.25) is 0 Å². The van der Waals surface area contributed by atoms with Crippen LogP contribution in [0.4, 0.5) is 11.5 Å². The number of anilines is 2. The highest BCUT2D eigenvalue weighted by Gasteiger charge is 2.28. The van der Waals surface area contributed by atoms with Gasteiger partial charge >= 0.3 is 0 Å². The second kappa shape index (κ2) is 5.81. The highest BCUT2D eigenvalue weighted by molar-refractivity contribution is 5.70. The Morgan fingerprint density at radius 3 is 2.86 bits per heavy atom. The number of fused-ring (bicyclic) bond motifs is 1. The van der Waals surface area contributed by atoms with Crippen molar-refractivity contribution in [1.82, 2.24) is 9.78 Å². The Hall–Kier alpha value is -2.34. The number of aromatic nitrogens is 2. The van der Waals surface area contributed by atoms with Crippen molar-refractivity contribution in [2.45, 2.75) is 32.7 Å². The van der Waals surface area contributed by atoms with Crippen molar-refractivity contribution in [3.8, 4) is 0 Å². The number of nitrogens with zero attached hydrogens (tertiary/aromatic N) is 4. The fourth-order valence-corrected chi connectivity index (χ4v) is 2.69. The van der Waals surface area contributed by atoms with Crippen molar-refractivity contribution in [2.75, 3.05) is 17.7 Å². The van der Waals surface area contributed by atoms with Crippen LogP contribution in [0, 0.1) is 0 Å². The third-order valence-electron chi connectivity index (χ3n) is 3.78. The average Bonchev–Trinajstić information content (AvgIpc) is 2.92.